The predicted molar refractivity (Wildman–Crippen MR) is 51.6 cm³/mol. The lowest BCUT2D eigenvalue weighted by atomic mass is 10.3. The van der Waals surface area contributed by atoms with E-state index in [1.807, 2.05) is 21.1 Å². The van der Waals surface area contributed by atoms with Gasteiger partial charge >= 0.3 is 0 Å². The molecule has 0 aromatic carbocycles. The highest BCUT2D eigenvalue weighted by Crippen LogP contribution is 2.06. The molecule has 0 bridgehead atoms. The minimum absolute atomic E-state index is 0.248. The molecule has 0 amide bonds. The van der Waals surface area contributed by atoms with Crippen LogP contribution in [0, 0.1) is 0 Å². The van der Waals surface area contributed by atoms with Crippen molar-refractivity contribution >= 4 is 0 Å². The third-order valence-electron chi connectivity index (χ3n) is 1.95. The van der Waals surface area contributed by atoms with Gasteiger partial charge in [0.1, 0.15) is 0 Å². The molecular formula is C9H24N2O+2. The van der Waals surface area contributed by atoms with E-state index in [-0.39, 0.29) is 6.23 Å². The molecular weight excluding hydrogens is 152 g/mol. The van der Waals surface area contributed by atoms with Crippen LogP contribution in [0.4, 0.5) is 0 Å². The van der Waals surface area contributed by atoms with E-state index in [9.17, 15) is 5.11 Å². The lowest BCUT2D eigenvalue weighted by Crippen LogP contribution is -2.48. The van der Waals surface area contributed by atoms with E-state index in [1.54, 1.807) is 0 Å². The van der Waals surface area contributed by atoms with Crippen molar-refractivity contribution in [3.05, 3.63) is 0 Å². The maximum Gasteiger partial charge on any atom is 0.195 e. The SMILES string of the molecule is C[N+](C)(C)CCC(O)[N+](C)(C)C. The largest absolute Gasteiger partial charge is 0.345 e. The lowest BCUT2D eigenvalue weighted by molar-refractivity contribution is -0.927. The van der Waals surface area contributed by atoms with Crippen LogP contribution >= 0.6 is 0 Å². The van der Waals surface area contributed by atoms with Crippen molar-refractivity contribution in [3.63, 3.8) is 0 Å². The van der Waals surface area contributed by atoms with Gasteiger partial charge in [-0.2, -0.15) is 0 Å². The van der Waals surface area contributed by atoms with Crippen molar-refractivity contribution in [1.82, 2.24) is 0 Å². The summed E-state index contributed by atoms with van der Waals surface area (Å²) in [5, 5.41) is 9.71. The maximum absolute atomic E-state index is 9.71. The Kier molecular flexibility index (Phi) is 3.69. The molecule has 1 N–H and O–H groups in total. The maximum atomic E-state index is 9.71. The molecule has 0 aliphatic rings. The van der Waals surface area contributed by atoms with E-state index in [0.717, 1.165) is 17.4 Å². The van der Waals surface area contributed by atoms with Gasteiger partial charge in [0.25, 0.3) is 0 Å². The fourth-order valence-electron chi connectivity index (χ4n) is 0.890. The van der Waals surface area contributed by atoms with Crippen molar-refractivity contribution in [2.75, 3.05) is 48.8 Å². The van der Waals surface area contributed by atoms with Gasteiger partial charge in [0.2, 0.25) is 0 Å². The fourth-order valence-corrected chi connectivity index (χ4v) is 0.890. The molecule has 3 nitrogen and oxygen atoms in total. The van der Waals surface area contributed by atoms with Gasteiger partial charge in [-0.05, 0) is 0 Å². The molecule has 0 saturated heterocycles. The zero-order chi connectivity index (χ0) is 9.99. The Morgan fingerprint density at radius 1 is 1.00 bits per heavy atom. The van der Waals surface area contributed by atoms with Crippen molar-refractivity contribution in [1.29, 1.82) is 0 Å². The number of quaternary nitrogens is 2. The second-order valence-electron chi connectivity index (χ2n) is 5.40. The molecule has 0 aliphatic heterocycles. The van der Waals surface area contributed by atoms with Gasteiger partial charge in [-0.3, -0.25) is 0 Å². The number of rotatable bonds is 4. The highest BCUT2D eigenvalue weighted by atomic mass is 16.3. The first-order valence-corrected chi connectivity index (χ1v) is 4.42. The quantitative estimate of drug-likeness (QED) is 0.476. The molecule has 0 heterocycles. The standard InChI is InChI=1S/C9H24N2O/c1-10(2,3)8-7-9(12)11(4,5)6/h9,12H,7-8H2,1-6H3/q+2. The smallest absolute Gasteiger partial charge is 0.195 e. The second kappa shape index (κ2) is 3.73. The zero-order valence-corrected chi connectivity index (χ0v) is 9.33. The second-order valence-corrected chi connectivity index (χ2v) is 5.40. The number of nitrogens with zero attached hydrogens (tertiary/aromatic N) is 2. The highest BCUT2D eigenvalue weighted by molar-refractivity contribution is 4.40. The summed E-state index contributed by atoms with van der Waals surface area (Å²) in [4.78, 5) is 0. The van der Waals surface area contributed by atoms with Crippen LogP contribution in [0.1, 0.15) is 6.42 Å². The molecule has 0 fully saturated rings. The average molecular weight is 176 g/mol. The van der Waals surface area contributed by atoms with Gasteiger partial charge in [0.15, 0.2) is 6.23 Å². The molecule has 0 rings (SSSR count). The molecule has 74 valence electrons. The van der Waals surface area contributed by atoms with Crippen LogP contribution in [0.5, 0.6) is 0 Å². The number of aliphatic hydroxyl groups is 1. The summed E-state index contributed by atoms with van der Waals surface area (Å²) < 4.78 is 1.54. The molecule has 0 saturated carbocycles. The molecule has 0 aliphatic carbocycles. The first-order chi connectivity index (χ1) is 5.13. The van der Waals surface area contributed by atoms with Crippen LogP contribution in [0.25, 0.3) is 0 Å². The van der Waals surface area contributed by atoms with E-state index in [2.05, 4.69) is 21.1 Å². The highest BCUT2D eigenvalue weighted by Gasteiger charge is 2.22. The molecule has 1 unspecified atom stereocenters. The molecule has 0 aromatic heterocycles. The Labute approximate surface area is 76.4 Å². The van der Waals surface area contributed by atoms with Gasteiger partial charge in [-0.25, -0.2) is 0 Å². The minimum Gasteiger partial charge on any atom is -0.345 e. The van der Waals surface area contributed by atoms with Crippen molar-refractivity contribution < 1.29 is 14.1 Å². The van der Waals surface area contributed by atoms with Crippen molar-refractivity contribution in [2.45, 2.75) is 12.6 Å². The Balaban J connectivity index is 3.80. The van der Waals surface area contributed by atoms with Crippen LogP contribution < -0.4 is 0 Å². The Hall–Kier alpha value is -0.120. The molecule has 0 aromatic rings. The Bertz CT molecular complexity index is 132. The Morgan fingerprint density at radius 3 is 1.67 bits per heavy atom. The number of hydrogen-bond donors (Lipinski definition) is 1. The minimum atomic E-state index is -0.248. The molecule has 12 heavy (non-hydrogen) atoms. The first-order valence-electron chi connectivity index (χ1n) is 4.42. The van der Waals surface area contributed by atoms with Crippen LogP contribution in [-0.4, -0.2) is 69.1 Å². The van der Waals surface area contributed by atoms with E-state index in [1.165, 1.54) is 0 Å². The lowest BCUT2D eigenvalue weighted by Gasteiger charge is -2.32. The summed E-state index contributed by atoms with van der Waals surface area (Å²) in [6, 6.07) is 0. The zero-order valence-electron chi connectivity index (χ0n) is 9.33. The normalized spacial score (nSPS) is 16.2. The summed E-state index contributed by atoms with van der Waals surface area (Å²) in [5.41, 5.74) is 0. The topological polar surface area (TPSA) is 20.2 Å². The monoisotopic (exact) mass is 176 g/mol. The van der Waals surface area contributed by atoms with Gasteiger partial charge in [0, 0.05) is 0 Å². The molecule has 3 heteroatoms. The summed E-state index contributed by atoms with van der Waals surface area (Å²) in [7, 11) is 12.5. The first kappa shape index (κ1) is 11.9. The van der Waals surface area contributed by atoms with Crippen molar-refractivity contribution in [3.8, 4) is 0 Å². The molecule has 0 spiro atoms. The molecule has 1 atom stereocenters. The van der Waals surface area contributed by atoms with E-state index < -0.39 is 0 Å². The number of hydrogen-bond acceptors (Lipinski definition) is 1. The van der Waals surface area contributed by atoms with E-state index >= 15 is 0 Å². The third-order valence-corrected chi connectivity index (χ3v) is 1.95. The summed E-state index contributed by atoms with van der Waals surface area (Å²) >= 11 is 0. The summed E-state index contributed by atoms with van der Waals surface area (Å²) in [6.45, 7) is 1.01. The fraction of sp³-hybridized carbons (Fsp3) is 1.00. The van der Waals surface area contributed by atoms with Crippen LogP contribution in [0.3, 0.4) is 0 Å². The number of aliphatic hydroxyl groups excluding tert-OH is 1. The molecule has 0 radical (unpaired) electrons. The van der Waals surface area contributed by atoms with Gasteiger partial charge in [-0.1, -0.05) is 0 Å². The summed E-state index contributed by atoms with van der Waals surface area (Å²) in [5.74, 6) is 0. The van der Waals surface area contributed by atoms with Crippen LogP contribution in [-0.2, 0) is 0 Å². The van der Waals surface area contributed by atoms with E-state index in [4.69, 9.17) is 0 Å². The Morgan fingerprint density at radius 2 is 1.42 bits per heavy atom. The van der Waals surface area contributed by atoms with Crippen molar-refractivity contribution in [2.24, 2.45) is 0 Å². The van der Waals surface area contributed by atoms with E-state index in [0.29, 0.717) is 4.48 Å². The van der Waals surface area contributed by atoms with Crippen LogP contribution in [0.15, 0.2) is 0 Å². The van der Waals surface area contributed by atoms with Gasteiger partial charge < -0.3 is 14.1 Å². The van der Waals surface area contributed by atoms with Crippen LogP contribution in [0.2, 0.25) is 0 Å². The third kappa shape index (κ3) is 5.52. The predicted octanol–water partition coefficient (Wildman–Crippen LogP) is 0.107. The summed E-state index contributed by atoms with van der Waals surface area (Å²) in [6.07, 6.45) is 0.606. The van der Waals surface area contributed by atoms with Gasteiger partial charge in [-0.15, -0.1) is 0 Å². The average Bonchev–Trinajstić information content (AvgIpc) is 1.78. The van der Waals surface area contributed by atoms with Gasteiger partial charge in [0.05, 0.1) is 55.3 Å².